The van der Waals surface area contributed by atoms with E-state index in [1.807, 2.05) is 16.8 Å². The summed E-state index contributed by atoms with van der Waals surface area (Å²) in [6, 6.07) is 9.56. The zero-order chi connectivity index (χ0) is 19.0. The van der Waals surface area contributed by atoms with Gasteiger partial charge >= 0.3 is 6.09 Å². The molecule has 1 unspecified atom stereocenters. The maximum Gasteiger partial charge on any atom is 0.414 e. The van der Waals surface area contributed by atoms with Crippen molar-refractivity contribution >= 4 is 23.1 Å². The number of piperidine rings is 1. The van der Waals surface area contributed by atoms with E-state index in [9.17, 15) is 9.18 Å². The van der Waals surface area contributed by atoms with Gasteiger partial charge in [-0.3, -0.25) is 4.90 Å². The monoisotopic (exact) mass is 468 g/mol. The zero-order valence-corrected chi connectivity index (χ0v) is 18.6. The average molecular weight is 469 g/mol. The van der Waals surface area contributed by atoms with Crippen LogP contribution >= 0.6 is 11.3 Å². The van der Waals surface area contributed by atoms with Crippen molar-refractivity contribution in [3.8, 4) is 0 Å². The number of hydrogen-bond donors (Lipinski definition) is 0. The summed E-state index contributed by atoms with van der Waals surface area (Å²) in [4.78, 5) is 14.5. The van der Waals surface area contributed by atoms with Gasteiger partial charge in [-0.2, -0.15) is 11.3 Å². The molecule has 1 amide bonds. The highest BCUT2D eigenvalue weighted by Gasteiger charge is 2.50. The Morgan fingerprint density at radius 3 is 2.50 bits per heavy atom. The molecule has 2 saturated heterocycles. The first-order valence-corrected chi connectivity index (χ1v) is 10.5. The summed E-state index contributed by atoms with van der Waals surface area (Å²) in [6.07, 6.45) is 3.79. The number of hydrogen-bond acceptors (Lipinski definition) is 3. The first kappa shape index (κ1) is 21.3. The fraction of sp³-hybridized carbons (Fsp3) is 0.476. The molecule has 7 heteroatoms. The summed E-state index contributed by atoms with van der Waals surface area (Å²) in [5.74, 6) is -0.305. The van der Waals surface area contributed by atoms with Gasteiger partial charge in [0.05, 0.1) is 38.4 Å². The summed E-state index contributed by atoms with van der Waals surface area (Å²) in [7, 11) is 4.58. The smallest absolute Gasteiger partial charge is 0.414 e. The van der Waals surface area contributed by atoms with Gasteiger partial charge in [-0.05, 0) is 17.5 Å². The summed E-state index contributed by atoms with van der Waals surface area (Å²) in [6.45, 7) is 0.170. The van der Waals surface area contributed by atoms with E-state index in [4.69, 9.17) is 4.74 Å². The van der Waals surface area contributed by atoms with Gasteiger partial charge in [0.1, 0.15) is 11.9 Å². The van der Waals surface area contributed by atoms with Crippen molar-refractivity contribution in [1.82, 2.24) is 0 Å². The van der Waals surface area contributed by atoms with E-state index in [0.29, 0.717) is 17.6 Å². The fourth-order valence-corrected chi connectivity index (χ4v) is 5.24. The largest absolute Gasteiger partial charge is 1.00 e. The van der Waals surface area contributed by atoms with Gasteiger partial charge in [-0.1, -0.05) is 18.2 Å². The molecule has 1 aromatic heterocycles. The molecular weight excluding hydrogens is 443 g/mol. The molecular formula is C21H26BrFN2O2S. The molecule has 3 heterocycles. The lowest BCUT2D eigenvalue weighted by Crippen LogP contribution is -3.00. The van der Waals surface area contributed by atoms with Crippen LogP contribution in [-0.2, 0) is 11.3 Å². The molecule has 4 nitrogen and oxygen atoms in total. The highest BCUT2D eigenvalue weighted by atomic mass is 79.9. The zero-order valence-electron chi connectivity index (χ0n) is 16.2. The Hall–Kier alpha value is -1.44. The van der Waals surface area contributed by atoms with Crippen molar-refractivity contribution in [2.45, 2.75) is 50.4 Å². The number of carbonyl (C=O) groups is 1. The number of carbonyl (C=O) groups excluding carboxylic acids is 1. The molecule has 2 aliphatic heterocycles. The maximum absolute atomic E-state index is 14.1. The van der Waals surface area contributed by atoms with Crippen molar-refractivity contribution in [3.63, 3.8) is 0 Å². The molecule has 2 fully saturated rings. The van der Waals surface area contributed by atoms with Gasteiger partial charge in [0, 0.05) is 36.6 Å². The molecule has 2 bridgehead atoms. The van der Waals surface area contributed by atoms with Gasteiger partial charge in [0.25, 0.3) is 0 Å². The standard InChI is InChI=1S/C21H26FN2O2S.BrH/c1-24(2)17-7-8-18(24)12-19(11-17)26-21(25)23(16-9-10-27-14-16)13-15-5-3-4-6-20(15)22;/h3-6,9-10,14,17-19H,7-8,11-13H2,1-2H3;1H/q+1;/p-1/t17-,18+,19?;. The highest BCUT2D eigenvalue weighted by Crippen LogP contribution is 2.40. The number of anilines is 1. The number of ether oxygens (including phenoxy) is 1. The van der Waals surface area contributed by atoms with Crippen LogP contribution in [-0.4, -0.2) is 42.9 Å². The number of nitrogens with zero attached hydrogens (tertiary/aromatic N) is 2. The molecule has 0 spiro atoms. The van der Waals surface area contributed by atoms with E-state index in [2.05, 4.69) is 14.1 Å². The molecule has 4 rings (SSSR count). The molecule has 28 heavy (non-hydrogen) atoms. The molecule has 152 valence electrons. The van der Waals surface area contributed by atoms with Crippen LogP contribution in [0, 0.1) is 5.82 Å². The van der Waals surface area contributed by atoms with Crippen LogP contribution in [0.25, 0.3) is 0 Å². The van der Waals surface area contributed by atoms with Gasteiger partial charge in [-0.15, -0.1) is 0 Å². The van der Waals surface area contributed by atoms with Crippen LogP contribution in [0.1, 0.15) is 31.2 Å². The third-order valence-electron chi connectivity index (χ3n) is 6.38. The number of thiophene rings is 1. The van der Waals surface area contributed by atoms with E-state index in [-0.39, 0.29) is 41.5 Å². The van der Waals surface area contributed by atoms with Crippen LogP contribution in [0.4, 0.5) is 14.9 Å². The second-order valence-corrected chi connectivity index (χ2v) is 8.93. The minimum atomic E-state index is -0.381. The Bertz CT molecular complexity index is 798. The fourth-order valence-electron chi connectivity index (χ4n) is 4.60. The Balaban J connectivity index is 0.00000225. The minimum Gasteiger partial charge on any atom is -1.00 e. The highest BCUT2D eigenvalue weighted by molar-refractivity contribution is 7.08. The summed E-state index contributed by atoms with van der Waals surface area (Å²) >= 11 is 1.51. The minimum absolute atomic E-state index is 0. The quantitative estimate of drug-likeness (QED) is 0.640. The third-order valence-corrected chi connectivity index (χ3v) is 7.05. The first-order chi connectivity index (χ1) is 12.9. The lowest BCUT2D eigenvalue weighted by atomic mass is 9.98. The predicted molar refractivity (Wildman–Crippen MR) is 105 cm³/mol. The summed E-state index contributed by atoms with van der Waals surface area (Å²) < 4.78 is 21.1. The van der Waals surface area contributed by atoms with Crippen molar-refractivity contribution in [3.05, 3.63) is 52.5 Å². The maximum atomic E-state index is 14.1. The van der Waals surface area contributed by atoms with Crippen LogP contribution < -0.4 is 21.9 Å². The molecule has 1 aromatic carbocycles. The van der Waals surface area contributed by atoms with Gasteiger partial charge in [-0.25, -0.2) is 9.18 Å². The summed E-state index contributed by atoms with van der Waals surface area (Å²) in [5, 5.41) is 3.81. The molecule has 2 aromatic rings. The average Bonchev–Trinajstić information content (AvgIpc) is 3.17. The number of amides is 1. The van der Waals surface area contributed by atoms with Gasteiger partial charge < -0.3 is 26.2 Å². The van der Waals surface area contributed by atoms with E-state index in [1.165, 1.54) is 30.2 Å². The second-order valence-electron chi connectivity index (χ2n) is 8.15. The van der Waals surface area contributed by atoms with E-state index in [0.717, 1.165) is 23.0 Å². The number of benzene rings is 1. The van der Waals surface area contributed by atoms with Crippen LogP contribution in [0.3, 0.4) is 0 Å². The van der Waals surface area contributed by atoms with Crippen molar-refractivity contribution < 1.29 is 35.4 Å². The van der Waals surface area contributed by atoms with Crippen molar-refractivity contribution in [2.75, 3.05) is 19.0 Å². The Morgan fingerprint density at radius 1 is 1.21 bits per heavy atom. The summed E-state index contributed by atoms with van der Waals surface area (Å²) in [5.41, 5.74) is 1.24. The predicted octanol–water partition coefficient (Wildman–Crippen LogP) is 1.80. The van der Waals surface area contributed by atoms with Gasteiger partial charge in [0.2, 0.25) is 0 Å². The molecule has 0 radical (unpaired) electrons. The molecule has 3 atom stereocenters. The Morgan fingerprint density at radius 2 is 1.89 bits per heavy atom. The second kappa shape index (κ2) is 8.51. The molecule has 0 aliphatic carbocycles. The molecule has 0 N–H and O–H groups in total. The van der Waals surface area contributed by atoms with Crippen LogP contribution in [0.2, 0.25) is 0 Å². The van der Waals surface area contributed by atoms with Crippen molar-refractivity contribution in [2.24, 2.45) is 0 Å². The number of fused-ring (bicyclic) bond motifs is 2. The number of halogens is 2. The SMILES string of the molecule is C[N+]1(C)[C@@H]2CC[C@H]1CC(OC(=O)N(Cc1ccccc1F)c1ccsc1)C2.[Br-]. The Labute approximate surface area is 180 Å². The molecule has 0 saturated carbocycles. The van der Waals surface area contributed by atoms with E-state index >= 15 is 0 Å². The van der Waals surface area contributed by atoms with Gasteiger partial charge in [0.15, 0.2) is 0 Å². The van der Waals surface area contributed by atoms with Crippen molar-refractivity contribution in [1.29, 1.82) is 0 Å². The van der Waals surface area contributed by atoms with E-state index < -0.39 is 0 Å². The lowest BCUT2D eigenvalue weighted by molar-refractivity contribution is -0.931. The number of quaternary nitrogens is 1. The molecule has 2 aliphatic rings. The van der Waals surface area contributed by atoms with E-state index in [1.54, 1.807) is 23.1 Å². The number of rotatable bonds is 4. The third kappa shape index (κ3) is 4.11. The normalized spacial score (nSPS) is 25.0. The topological polar surface area (TPSA) is 29.5 Å². The lowest BCUT2D eigenvalue weighted by Gasteiger charge is -2.44. The first-order valence-electron chi connectivity index (χ1n) is 9.52. The van der Waals surface area contributed by atoms with Crippen LogP contribution in [0.5, 0.6) is 0 Å². The Kier molecular flexibility index (Phi) is 6.47. The van der Waals surface area contributed by atoms with Crippen LogP contribution in [0.15, 0.2) is 41.1 Å².